The van der Waals surface area contributed by atoms with Crippen LogP contribution in [0.1, 0.15) is 33.2 Å². The van der Waals surface area contributed by atoms with Crippen LogP contribution in [0, 0.1) is 10.1 Å². The minimum Gasteiger partial charge on any atom is -0.497 e. The Labute approximate surface area is 205 Å². The summed E-state index contributed by atoms with van der Waals surface area (Å²) in [5, 5.41) is 13.0. The number of hydrogen-bond acceptors (Lipinski definition) is 4. The van der Waals surface area contributed by atoms with Crippen LogP contribution in [-0.4, -0.2) is 34.4 Å². The Morgan fingerprint density at radius 2 is 1.91 bits per heavy atom. The van der Waals surface area contributed by atoms with E-state index < -0.39 is 11.0 Å². The van der Waals surface area contributed by atoms with Crippen LogP contribution in [-0.2, 0) is 6.42 Å². The summed E-state index contributed by atoms with van der Waals surface area (Å²) in [5.41, 5.74) is 3.47. The summed E-state index contributed by atoms with van der Waals surface area (Å²) in [5.74, 6) is 0.470. The summed E-state index contributed by atoms with van der Waals surface area (Å²) < 4.78 is 5.40. The van der Waals surface area contributed by atoms with Crippen molar-refractivity contribution in [3.63, 3.8) is 0 Å². The number of nitro benzene ring substituents is 1. The molecule has 34 heavy (non-hydrogen) atoms. The monoisotopic (exact) mass is 495 g/mol. The van der Waals surface area contributed by atoms with Gasteiger partial charge in [0.2, 0.25) is 0 Å². The van der Waals surface area contributed by atoms with Crippen molar-refractivity contribution >= 4 is 45.7 Å². The molecule has 0 bridgehead atoms. The highest BCUT2D eigenvalue weighted by molar-refractivity contribution is 6.34. The predicted octanol–water partition coefficient (Wildman–Crippen LogP) is 6.18. The molecule has 172 valence electrons. The number of halogens is 2. The van der Waals surface area contributed by atoms with E-state index in [0.717, 1.165) is 27.9 Å². The molecule has 0 aliphatic carbocycles. The van der Waals surface area contributed by atoms with E-state index in [0.29, 0.717) is 29.1 Å². The van der Waals surface area contributed by atoms with E-state index in [2.05, 4.69) is 4.98 Å². The Balaban J connectivity index is 1.71. The highest BCUT2D eigenvalue weighted by Crippen LogP contribution is 2.42. The summed E-state index contributed by atoms with van der Waals surface area (Å²) in [6.07, 6.45) is 0.602. The number of H-pyrrole nitrogens is 1. The first-order valence-electron chi connectivity index (χ1n) is 10.6. The lowest BCUT2D eigenvalue weighted by molar-refractivity contribution is -0.384. The molecule has 9 heteroatoms. The molecule has 0 saturated carbocycles. The molecule has 3 aromatic carbocycles. The number of nitrogens with one attached hydrogen (secondary N) is 1. The topological polar surface area (TPSA) is 88.5 Å². The zero-order chi connectivity index (χ0) is 24.0. The van der Waals surface area contributed by atoms with Crippen molar-refractivity contribution in [3.8, 4) is 5.75 Å². The Hall–Kier alpha value is -3.55. The van der Waals surface area contributed by atoms with E-state index in [1.54, 1.807) is 42.3 Å². The SMILES string of the molecule is COc1ccc2[nH]c3c(c2c1)CCN(C(=O)c1ccccc1Cl)C3c1ccc(Cl)c([N+](=O)[O-])c1. The van der Waals surface area contributed by atoms with Crippen molar-refractivity contribution in [1.29, 1.82) is 0 Å². The largest absolute Gasteiger partial charge is 0.497 e. The van der Waals surface area contributed by atoms with Gasteiger partial charge in [0.15, 0.2) is 0 Å². The Morgan fingerprint density at radius 1 is 1.12 bits per heavy atom. The molecule has 1 aromatic heterocycles. The minimum absolute atomic E-state index is 0.0372. The highest BCUT2D eigenvalue weighted by atomic mass is 35.5. The first kappa shape index (κ1) is 22.3. The molecular formula is C25H19Cl2N3O4. The average molecular weight is 496 g/mol. The van der Waals surface area contributed by atoms with E-state index in [1.165, 1.54) is 12.1 Å². The molecule has 1 unspecified atom stereocenters. The summed E-state index contributed by atoms with van der Waals surface area (Å²) in [6.45, 7) is 0.405. The zero-order valence-corrected chi connectivity index (χ0v) is 19.6. The maximum atomic E-state index is 13.7. The van der Waals surface area contributed by atoms with Crippen molar-refractivity contribution in [3.05, 3.63) is 103 Å². The van der Waals surface area contributed by atoms with Gasteiger partial charge in [-0.15, -0.1) is 0 Å². The number of ether oxygens (including phenoxy) is 1. The fourth-order valence-electron chi connectivity index (χ4n) is 4.59. The lowest BCUT2D eigenvalue weighted by Gasteiger charge is -2.36. The van der Waals surface area contributed by atoms with Crippen LogP contribution in [0.25, 0.3) is 10.9 Å². The van der Waals surface area contributed by atoms with Gasteiger partial charge in [-0.3, -0.25) is 14.9 Å². The predicted molar refractivity (Wildman–Crippen MR) is 131 cm³/mol. The molecule has 1 atom stereocenters. The molecule has 1 N–H and O–H groups in total. The maximum absolute atomic E-state index is 13.7. The fourth-order valence-corrected chi connectivity index (χ4v) is 4.99. The number of nitrogens with zero attached hydrogens (tertiary/aromatic N) is 2. The van der Waals surface area contributed by atoms with E-state index >= 15 is 0 Å². The van der Waals surface area contributed by atoms with E-state index in [1.807, 2.05) is 18.2 Å². The van der Waals surface area contributed by atoms with Crippen LogP contribution in [0.2, 0.25) is 10.0 Å². The first-order chi connectivity index (χ1) is 16.4. The van der Waals surface area contributed by atoms with Crippen molar-refractivity contribution in [1.82, 2.24) is 9.88 Å². The third kappa shape index (κ3) is 3.67. The standard InChI is InChI=1S/C25H19Cl2N3O4/c1-34-15-7-9-21-18(13-15)16-10-11-29(25(31)17-4-2-3-5-19(17)26)24(23(16)28-21)14-6-8-20(27)22(12-14)30(32)33/h2-9,12-13,24,28H,10-11H2,1H3. The van der Waals surface area contributed by atoms with Gasteiger partial charge in [0, 0.05) is 29.2 Å². The van der Waals surface area contributed by atoms with Crippen molar-refractivity contribution in [2.24, 2.45) is 0 Å². The smallest absolute Gasteiger partial charge is 0.288 e. The van der Waals surface area contributed by atoms with Gasteiger partial charge >= 0.3 is 0 Å². The van der Waals surface area contributed by atoms with Gasteiger partial charge < -0.3 is 14.6 Å². The maximum Gasteiger partial charge on any atom is 0.288 e. The van der Waals surface area contributed by atoms with Crippen molar-refractivity contribution in [2.45, 2.75) is 12.5 Å². The lowest BCUT2D eigenvalue weighted by atomic mass is 9.91. The molecule has 1 aliphatic heterocycles. The Bertz CT molecular complexity index is 1450. The third-order valence-corrected chi connectivity index (χ3v) is 6.83. The second kappa shape index (κ2) is 8.66. The second-order valence-corrected chi connectivity index (χ2v) is 8.84. The van der Waals surface area contributed by atoms with Crippen LogP contribution in [0.3, 0.4) is 0 Å². The van der Waals surface area contributed by atoms with Gasteiger partial charge in [0.1, 0.15) is 10.8 Å². The van der Waals surface area contributed by atoms with Gasteiger partial charge in [0.05, 0.1) is 28.7 Å². The van der Waals surface area contributed by atoms with Gasteiger partial charge in [-0.2, -0.15) is 0 Å². The molecule has 1 amide bonds. The molecule has 1 aliphatic rings. The number of rotatable bonds is 4. The summed E-state index contributed by atoms with van der Waals surface area (Å²) >= 11 is 12.4. The number of nitro groups is 1. The molecule has 0 spiro atoms. The van der Waals surface area contributed by atoms with Crippen LogP contribution in [0.4, 0.5) is 5.69 Å². The van der Waals surface area contributed by atoms with Crippen LogP contribution >= 0.6 is 23.2 Å². The van der Waals surface area contributed by atoms with Gasteiger partial charge in [0.25, 0.3) is 11.6 Å². The Morgan fingerprint density at radius 3 is 2.65 bits per heavy atom. The molecule has 4 aromatic rings. The van der Waals surface area contributed by atoms with Crippen LogP contribution in [0.15, 0.2) is 60.7 Å². The number of amides is 1. The number of methoxy groups -OCH3 is 1. The molecule has 0 saturated heterocycles. The normalized spacial score (nSPS) is 15.3. The lowest BCUT2D eigenvalue weighted by Crippen LogP contribution is -2.40. The Kier molecular flexibility index (Phi) is 5.67. The number of benzene rings is 3. The fraction of sp³-hybridized carbons (Fsp3) is 0.160. The summed E-state index contributed by atoms with van der Waals surface area (Å²) in [7, 11) is 1.61. The summed E-state index contributed by atoms with van der Waals surface area (Å²) in [4.78, 5) is 29.9. The number of hydrogen-bond donors (Lipinski definition) is 1. The quantitative estimate of drug-likeness (QED) is 0.270. The number of aromatic amines is 1. The first-order valence-corrected chi connectivity index (χ1v) is 11.3. The minimum atomic E-state index is -0.595. The van der Waals surface area contributed by atoms with Crippen LogP contribution in [0.5, 0.6) is 5.75 Å². The summed E-state index contributed by atoms with van der Waals surface area (Å²) in [6, 6.07) is 16.7. The van der Waals surface area contributed by atoms with E-state index in [4.69, 9.17) is 27.9 Å². The number of aromatic nitrogens is 1. The zero-order valence-electron chi connectivity index (χ0n) is 18.0. The average Bonchev–Trinajstić information content (AvgIpc) is 3.21. The van der Waals surface area contributed by atoms with Crippen molar-refractivity contribution in [2.75, 3.05) is 13.7 Å². The number of carbonyl (C=O) groups is 1. The molecule has 2 heterocycles. The second-order valence-electron chi connectivity index (χ2n) is 8.03. The molecule has 0 radical (unpaired) electrons. The molecule has 7 nitrogen and oxygen atoms in total. The highest BCUT2D eigenvalue weighted by Gasteiger charge is 2.36. The molecule has 5 rings (SSSR count). The van der Waals surface area contributed by atoms with E-state index in [9.17, 15) is 14.9 Å². The van der Waals surface area contributed by atoms with Crippen molar-refractivity contribution < 1.29 is 14.5 Å². The van der Waals surface area contributed by atoms with Gasteiger partial charge in [-0.25, -0.2) is 0 Å². The number of carbonyl (C=O) groups excluding carboxylic acids is 1. The number of fused-ring (bicyclic) bond motifs is 3. The molecular weight excluding hydrogens is 477 g/mol. The van der Waals surface area contributed by atoms with Crippen LogP contribution < -0.4 is 4.74 Å². The van der Waals surface area contributed by atoms with Gasteiger partial charge in [-0.1, -0.05) is 41.4 Å². The van der Waals surface area contributed by atoms with E-state index in [-0.39, 0.29) is 16.6 Å². The molecule has 0 fully saturated rings. The van der Waals surface area contributed by atoms with Gasteiger partial charge in [-0.05, 0) is 53.9 Å². The third-order valence-electron chi connectivity index (χ3n) is 6.18.